The third-order valence-electron chi connectivity index (χ3n) is 3.47. The lowest BCUT2D eigenvalue weighted by Crippen LogP contribution is -2.31. The number of carbonyl (C=O) groups excluding carboxylic acids is 1. The van der Waals surface area contributed by atoms with Gasteiger partial charge in [0.15, 0.2) is 0 Å². The molecule has 0 saturated heterocycles. The number of anilines is 2. The Kier molecular flexibility index (Phi) is 4.34. The van der Waals surface area contributed by atoms with Crippen molar-refractivity contribution in [3.63, 3.8) is 0 Å². The first kappa shape index (κ1) is 17.5. The Morgan fingerprint density at radius 2 is 1.96 bits per heavy atom. The zero-order valence-corrected chi connectivity index (χ0v) is 14.3. The quantitative estimate of drug-likeness (QED) is 0.633. The molecular formula is C16H11ClF3N3OS. The van der Waals surface area contributed by atoms with E-state index in [-0.39, 0.29) is 16.4 Å². The maximum atomic E-state index is 13.0. The Balaban J connectivity index is 2.16. The highest BCUT2D eigenvalue weighted by atomic mass is 35.5. The molecule has 0 bridgehead atoms. The molecule has 130 valence electrons. The first-order valence-electron chi connectivity index (χ1n) is 7.00. The molecular weight excluding hydrogens is 375 g/mol. The molecule has 0 fully saturated rings. The van der Waals surface area contributed by atoms with E-state index in [0.717, 1.165) is 32.8 Å². The summed E-state index contributed by atoms with van der Waals surface area (Å²) in [7, 11) is 0. The van der Waals surface area contributed by atoms with Crippen molar-refractivity contribution in [1.82, 2.24) is 4.98 Å². The topological polar surface area (TPSA) is 59.2 Å². The molecule has 25 heavy (non-hydrogen) atoms. The van der Waals surface area contributed by atoms with E-state index in [4.69, 9.17) is 17.3 Å². The van der Waals surface area contributed by atoms with Crippen LogP contribution in [0.2, 0.25) is 5.02 Å². The van der Waals surface area contributed by atoms with Crippen LogP contribution in [-0.2, 0) is 6.18 Å². The van der Waals surface area contributed by atoms with Crippen molar-refractivity contribution in [2.45, 2.75) is 13.1 Å². The van der Waals surface area contributed by atoms with Crippen molar-refractivity contribution in [3.05, 3.63) is 52.0 Å². The van der Waals surface area contributed by atoms with Gasteiger partial charge in [-0.15, -0.1) is 11.3 Å². The lowest BCUT2D eigenvalue weighted by molar-refractivity contribution is -0.137. The summed E-state index contributed by atoms with van der Waals surface area (Å²) in [5.41, 5.74) is 5.24. The summed E-state index contributed by atoms with van der Waals surface area (Å²) < 4.78 is 39.9. The summed E-state index contributed by atoms with van der Waals surface area (Å²) in [6, 6.07) is 6.67. The number of halogens is 4. The Labute approximate surface area is 149 Å². The molecule has 0 unspecified atom stereocenters. The Morgan fingerprint density at radius 3 is 2.60 bits per heavy atom. The number of thiazole rings is 1. The van der Waals surface area contributed by atoms with Crippen molar-refractivity contribution < 1.29 is 18.0 Å². The zero-order chi connectivity index (χ0) is 18.4. The van der Waals surface area contributed by atoms with Crippen molar-refractivity contribution in [2.75, 3.05) is 4.90 Å². The number of urea groups is 1. The number of fused-ring (bicyclic) bond motifs is 1. The molecule has 0 aliphatic carbocycles. The number of amides is 2. The van der Waals surface area contributed by atoms with Crippen LogP contribution < -0.4 is 10.6 Å². The number of carbonyl (C=O) groups is 1. The summed E-state index contributed by atoms with van der Waals surface area (Å²) in [6.07, 6.45) is -4.57. The molecule has 2 amide bonds. The number of nitrogens with zero attached hydrogens (tertiary/aromatic N) is 2. The van der Waals surface area contributed by atoms with Crippen LogP contribution in [0.1, 0.15) is 10.6 Å². The van der Waals surface area contributed by atoms with E-state index >= 15 is 0 Å². The zero-order valence-electron chi connectivity index (χ0n) is 12.8. The molecule has 3 aromatic rings. The van der Waals surface area contributed by atoms with Gasteiger partial charge >= 0.3 is 12.2 Å². The number of hydrogen-bond donors (Lipinski definition) is 1. The fourth-order valence-electron chi connectivity index (χ4n) is 2.42. The Bertz CT molecular complexity index is 971. The van der Waals surface area contributed by atoms with Gasteiger partial charge in [-0.05, 0) is 43.3 Å². The number of rotatable bonds is 2. The minimum absolute atomic E-state index is 0.0265. The van der Waals surface area contributed by atoms with Gasteiger partial charge < -0.3 is 5.73 Å². The highest BCUT2D eigenvalue weighted by molar-refractivity contribution is 7.18. The normalized spacial score (nSPS) is 11.7. The van der Waals surface area contributed by atoms with Gasteiger partial charge in [0.25, 0.3) is 0 Å². The van der Waals surface area contributed by atoms with Crippen LogP contribution >= 0.6 is 22.9 Å². The van der Waals surface area contributed by atoms with E-state index in [0.29, 0.717) is 5.52 Å². The van der Waals surface area contributed by atoms with Crippen molar-refractivity contribution in [3.8, 4) is 0 Å². The molecule has 2 aromatic carbocycles. The number of hydrogen-bond acceptors (Lipinski definition) is 3. The van der Waals surface area contributed by atoms with E-state index in [2.05, 4.69) is 4.98 Å². The minimum atomic E-state index is -4.57. The minimum Gasteiger partial charge on any atom is -0.351 e. The molecule has 0 atom stereocenters. The molecule has 1 aromatic heterocycles. The second-order valence-electron chi connectivity index (χ2n) is 5.22. The highest BCUT2D eigenvalue weighted by Gasteiger charge is 2.32. The predicted octanol–water partition coefficient (Wildman–Crippen LogP) is 5.49. The van der Waals surface area contributed by atoms with Crippen molar-refractivity contribution in [2.24, 2.45) is 5.73 Å². The third-order valence-corrected chi connectivity index (χ3v) is 4.74. The highest BCUT2D eigenvalue weighted by Crippen LogP contribution is 2.38. The van der Waals surface area contributed by atoms with Gasteiger partial charge in [0, 0.05) is 0 Å². The smallest absolute Gasteiger partial charge is 0.351 e. The number of aryl methyl sites for hydroxylation is 1. The molecule has 4 nitrogen and oxygen atoms in total. The summed E-state index contributed by atoms with van der Waals surface area (Å²) in [5.74, 6) is 0. The lowest BCUT2D eigenvalue weighted by atomic mass is 10.1. The first-order chi connectivity index (χ1) is 11.7. The Morgan fingerprint density at radius 1 is 1.24 bits per heavy atom. The molecule has 0 spiro atoms. The van der Waals surface area contributed by atoms with Crippen LogP contribution in [0.3, 0.4) is 0 Å². The van der Waals surface area contributed by atoms with Gasteiger partial charge in [-0.1, -0.05) is 11.6 Å². The largest absolute Gasteiger partial charge is 0.416 e. The van der Waals surface area contributed by atoms with Crippen LogP contribution in [0.4, 0.5) is 29.3 Å². The van der Waals surface area contributed by atoms with Crippen molar-refractivity contribution in [1.29, 1.82) is 0 Å². The van der Waals surface area contributed by atoms with Crippen LogP contribution in [0.25, 0.3) is 10.2 Å². The second-order valence-corrected chi connectivity index (χ2v) is 6.86. The average molecular weight is 386 g/mol. The summed E-state index contributed by atoms with van der Waals surface area (Å²) in [5, 5.41) is 0.802. The molecule has 0 aliphatic rings. The molecule has 0 radical (unpaired) electrons. The fraction of sp³-hybridized carbons (Fsp3) is 0.125. The van der Waals surface area contributed by atoms with E-state index in [1.165, 1.54) is 11.3 Å². The number of benzene rings is 2. The Hall–Kier alpha value is -2.32. The van der Waals surface area contributed by atoms with Gasteiger partial charge in [0.05, 0.1) is 37.2 Å². The second kappa shape index (κ2) is 6.20. The van der Waals surface area contributed by atoms with Crippen molar-refractivity contribution >= 4 is 50.6 Å². The monoisotopic (exact) mass is 385 g/mol. The maximum Gasteiger partial charge on any atom is 0.416 e. The fourth-order valence-corrected chi connectivity index (χ4v) is 3.43. The van der Waals surface area contributed by atoms with E-state index < -0.39 is 17.8 Å². The van der Waals surface area contributed by atoms with Gasteiger partial charge in [-0.3, -0.25) is 4.90 Å². The first-order valence-corrected chi connectivity index (χ1v) is 8.20. The standard InChI is InChI=1S/C16H11ClF3N3OS/c1-8-22-12-7-10(3-5-14(12)25-8)23(15(21)24)13-6-9(16(18,19)20)2-4-11(13)17/h2-7H,1H3,(H2,21,24). The van der Waals surface area contributed by atoms with Crippen LogP contribution in [0, 0.1) is 6.92 Å². The average Bonchev–Trinajstić information content (AvgIpc) is 2.87. The summed E-state index contributed by atoms with van der Waals surface area (Å²) in [6.45, 7) is 1.83. The molecule has 0 aliphatic heterocycles. The van der Waals surface area contributed by atoms with Crippen LogP contribution in [0.15, 0.2) is 36.4 Å². The number of aromatic nitrogens is 1. The van der Waals surface area contributed by atoms with Crippen LogP contribution in [0.5, 0.6) is 0 Å². The molecule has 0 saturated carbocycles. The number of nitrogens with two attached hydrogens (primary N) is 1. The van der Waals surface area contributed by atoms with E-state index in [9.17, 15) is 18.0 Å². The van der Waals surface area contributed by atoms with E-state index in [1.807, 2.05) is 6.92 Å². The van der Waals surface area contributed by atoms with E-state index in [1.54, 1.807) is 18.2 Å². The predicted molar refractivity (Wildman–Crippen MR) is 92.5 cm³/mol. The maximum absolute atomic E-state index is 13.0. The van der Waals surface area contributed by atoms with Gasteiger partial charge in [0.1, 0.15) is 0 Å². The summed E-state index contributed by atoms with van der Waals surface area (Å²) in [4.78, 5) is 17.2. The molecule has 2 N–H and O–H groups in total. The van der Waals surface area contributed by atoms with Gasteiger partial charge in [-0.2, -0.15) is 13.2 Å². The number of alkyl halides is 3. The van der Waals surface area contributed by atoms with Crippen LogP contribution in [-0.4, -0.2) is 11.0 Å². The number of primary amides is 1. The summed E-state index contributed by atoms with van der Waals surface area (Å²) >= 11 is 7.49. The third kappa shape index (κ3) is 3.40. The molecule has 3 rings (SSSR count). The van der Waals surface area contributed by atoms with Gasteiger partial charge in [-0.25, -0.2) is 9.78 Å². The SMILES string of the molecule is Cc1nc2cc(N(C(N)=O)c3cc(C(F)(F)F)ccc3Cl)ccc2s1. The lowest BCUT2D eigenvalue weighted by Gasteiger charge is -2.23. The molecule has 9 heteroatoms. The molecule has 1 heterocycles. The van der Waals surface area contributed by atoms with Gasteiger partial charge in [0.2, 0.25) is 0 Å².